The standard InChI is InChI=1S/C10H18N2/c1-4-6-12-7-5-11-8-10(12)9(2)3/h1,9-11H,5-8H2,2-3H3. The molecule has 0 aromatic carbocycles. The average molecular weight is 166 g/mol. The van der Waals surface area contributed by atoms with Gasteiger partial charge in [0, 0.05) is 25.7 Å². The van der Waals surface area contributed by atoms with Crippen molar-refractivity contribution in [1.29, 1.82) is 0 Å². The molecule has 0 saturated carbocycles. The summed E-state index contributed by atoms with van der Waals surface area (Å²) in [5.41, 5.74) is 0. The predicted molar refractivity (Wildman–Crippen MR) is 51.9 cm³/mol. The van der Waals surface area contributed by atoms with Crippen molar-refractivity contribution in [2.24, 2.45) is 5.92 Å². The van der Waals surface area contributed by atoms with Crippen molar-refractivity contribution in [3.63, 3.8) is 0 Å². The largest absolute Gasteiger partial charge is 0.314 e. The van der Waals surface area contributed by atoms with Gasteiger partial charge in [-0.3, -0.25) is 4.90 Å². The van der Waals surface area contributed by atoms with E-state index >= 15 is 0 Å². The van der Waals surface area contributed by atoms with Crippen molar-refractivity contribution in [3.05, 3.63) is 0 Å². The molecule has 1 unspecified atom stereocenters. The Hall–Kier alpha value is -0.520. The summed E-state index contributed by atoms with van der Waals surface area (Å²) in [6.45, 7) is 8.55. The molecule has 0 spiro atoms. The van der Waals surface area contributed by atoms with Crippen LogP contribution in [-0.2, 0) is 0 Å². The minimum Gasteiger partial charge on any atom is -0.314 e. The van der Waals surface area contributed by atoms with Gasteiger partial charge >= 0.3 is 0 Å². The Kier molecular flexibility index (Phi) is 3.58. The molecule has 68 valence electrons. The molecule has 12 heavy (non-hydrogen) atoms. The van der Waals surface area contributed by atoms with Crippen LogP contribution in [-0.4, -0.2) is 37.1 Å². The third-order valence-corrected chi connectivity index (χ3v) is 2.46. The summed E-state index contributed by atoms with van der Waals surface area (Å²) in [4.78, 5) is 2.39. The monoisotopic (exact) mass is 166 g/mol. The summed E-state index contributed by atoms with van der Waals surface area (Å²) < 4.78 is 0. The van der Waals surface area contributed by atoms with Crippen LogP contribution in [0.1, 0.15) is 13.8 Å². The van der Waals surface area contributed by atoms with Crippen LogP contribution in [0.25, 0.3) is 0 Å². The van der Waals surface area contributed by atoms with Gasteiger partial charge in [0.25, 0.3) is 0 Å². The highest BCUT2D eigenvalue weighted by Gasteiger charge is 2.23. The van der Waals surface area contributed by atoms with Gasteiger partial charge in [0.2, 0.25) is 0 Å². The second kappa shape index (κ2) is 4.49. The van der Waals surface area contributed by atoms with E-state index in [9.17, 15) is 0 Å². The van der Waals surface area contributed by atoms with E-state index in [1.54, 1.807) is 0 Å². The maximum absolute atomic E-state index is 5.31. The lowest BCUT2D eigenvalue weighted by Crippen LogP contribution is -2.53. The fraction of sp³-hybridized carbons (Fsp3) is 0.800. The van der Waals surface area contributed by atoms with Gasteiger partial charge in [0.1, 0.15) is 0 Å². The first-order valence-corrected chi connectivity index (χ1v) is 4.64. The molecule has 1 aliphatic heterocycles. The normalized spacial score (nSPS) is 25.7. The summed E-state index contributed by atoms with van der Waals surface area (Å²) in [6, 6.07) is 0.620. The number of nitrogens with one attached hydrogen (secondary N) is 1. The Bertz CT molecular complexity index is 169. The summed E-state index contributed by atoms with van der Waals surface area (Å²) in [5, 5.41) is 3.39. The topological polar surface area (TPSA) is 15.3 Å². The van der Waals surface area contributed by atoms with E-state index in [0.29, 0.717) is 12.0 Å². The van der Waals surface area contributed by atoms with E-state index in [0.717, 1.165) is 26.2 Å². The Labute approximate surface area is 75.3 Å². The average Bonchev–Trinajstić information content (AvgIpc) is 2.05. The zero-order chi connectivity index (χ0) is 8.97. The molecule has 0 amide bonds. The van der Waals surface area contributed by atoms with E-state index in [4.69, 9.17) is 6.42 Å². The van der Waals surface area contributed by atoms with Crippen LogP contribution < -0.4 is 5.32 Å². The number of hydrogen-bond donors (Lipinski definition) is 1. The molecule has 1 fully saturated rings. The van der Waals surface area contributed by atoms with Gasteiger partial charge in [-0.2, -0.15) is 0 Å². The molecule has 2 heteroatoms. The number of hydrogen-bond acceptors (Lipinski definition) is 2. The van der Waals surface area contributed by atoms with Gasteiger partial charge in [0.15, 0.2) is 0 Å². The summed E-state index contributed by atoms with van der Waals surface area (Å²) in [7, 11) is 0. The summed E-state index contributed by atoms with van der Waals surface area (Å²) >= 11 is 0. The second-order valence-electron chi connectivity index (χ2n) is 3.69. The molecule has 0 radical (unpaired) electrons. The molecule has 1 saturated heterocycles. The van der Waals surface area contributed by atoms with Crippen molar-refractivity contribution in [3.8, 4) is 12.3 Å². The summed E-state index contributed by atoms with van der Waals surface area (Å²) in [5.74, 6) is 3.41. The van der Waals surface area contributed by atoms with Gasteiger partial charge in [-0.1, -0.05) is 19.8 Å². The Morgan fingerprint density at radius 2 is 2.42 bits per heavy atom. The molecule has 1 rings (SSSR count). The zero-order valence-electron chi connectivity index (χ0n) is 8.01. The first-order chi connectivity index (χ1) is 5.75. The number of nitrogens with zero attached hydrogens (tertiary/aromatic N) is 1. The SMILES string of the molecule is C#CCN1CCNCC1C(C)C. The molecule has 0 aromatic rings. The minimum absolute atomic E-state index is 0.620. The molecule has 1 N–H and O–H groups in total. The van der Waals surface area contributed by atoms with Gasteiger partial charge < -0.3 is 5.32 Å². The van der Waals surface area contributed by atoms with Gasteiger partial charge in [-0.15, -0.1) is 6.42 Å². The van der Waals surface area contributed by atoms with Crippen LogP contribution in [0.2, 0.25) is 0 Å². The molecule has 0 aromatic heterocycles. The van der Waals surface area contributed by atoms with Crippen LogP contribution in [0.3, 0.4) is 0 Å². The first kappa shape index (κ1) is 9.57. The van der Waals surface area contributed by atoms with Crippen molar-refractivity contribution in [2.75, 3.05) is 26.2 Å². The molecule has 2 nitrogen and oxygen atoms in total. The van der Waals surface area contributed by atoms with E-state index in [2.05, 4.69) is 30.0 Å². The van der Waals surface area contributed by atoms with Crippen molar-refractivity contribution >= 4 is 0 Å². The van der Waals surface area contributed by atoms with E-state index < -0.39 is 0 Å². The fourth-order valence-corrected chi connectivity index (χ4v) is 1.74. The lowest BCUT2D eigenvalue weighted by molar-refractivity contribution is 0.142. The molecule has 0 bridgehead atoms. The molecular formula is C10H18N2. The highest BCUT2D eigenvalue weighted by atomic mass is 15.2. The van der Waals surface area contributed by atoms with Crippen LogP contribution in [0.15, 0.2) is 0 Å². The third kappa shape index (κ3) is 2.23. The molecule has 1 heterocycles. The second-order valence-corrected chi connectivity index (χ2v) is 3.69. The zero-order valence-corrected chi connectivity index (χ0v) is 8.01. The predicted octanol–water partition coefficient (Wildman–Crippen LogP) is 0.549. The Morgan fingerprint density at radius 3 is 3.00 bits per heavy atom. The maximum atomic E-state index is 5.31. The smallest absolute Gasteiger partial charge is 0.0602 e. The molecule has 1 atom stereocenters. The van der Waals surface area contributed by atoms with Crippen LogP contribution >= 0.6 is 0 Å². The van der Waals surface area contributed by atoms with Crippen molar-refractivity contribution < 1.29 is 0 Å². The van der Waals surface area contributed by atoms with Crippen LogP contribution in [0.5, 0.6) is 0 Å². The molecular weight excluding hydrogens is 148 g/mol. The molecule has 1 aliphatic rings. The highest BCUT2D eigenvalue weighted by molar-refractivity contribution is 4.93. The van der Waals surface area contributed by atoms with Gasteiger partial charge in [-0.05, 0) is 5.92 Å². The number of rotatable bonds is 2. The highest BCUT2D eigenvalue weighted by Crippen LogP contribution is 2.11. The van der Waals surface area contributed by atoms with Crippen LogP contribution in [0.4, 0.5) is 0 Å². The Balaban J connectivity index is 2.49. The number of terminal acetylenes is 1. The fourth-order valence-electron chi connectivity index (χ4n) is 1.74. The Morgan fingerprint density at radius 1 is 1.67 bits per heavy atom. The summed E-state index contributed by atoms with van der Waals surface area (Å²) in [6.07, 6.45) is 5.31. The lowest BCUT2D eigenvalue weighted by atomic mass is 10.0. The number of piperazine rings is 1. The van der Waals surface area contributed by atoms with Crippen LogP contribution in [0, 0.1) is 18.3 Å². The first-order valence-electron chi connectivity index (χ1n) is 4.64. The molecule has 0 aliphatic carbocycles. The van der Waals surface area contributed by atoms with Crippen molar-refractivity contribution in [1.82, 2.24) is 10.2 Å². The lowest BCUT2D eigenvalue weighted by Gasteiger charge is -2.37. The van der Waals surface area contributed by atoms with Crippen molar-refractivity contribution in [2.45, 2.75) is 19.9 Å². The van der Waals surface area contributed by atoms with E-state index in [-0.39, 0.29) is 0 Å². The van der Waals surface area contributed by atoms with E-state index in [1.807, 2.05) is 0 Å². The van der Waals surface area contributed by atoms with E-state index in [1.165, 1.54) is 0 Å². The third-order valence-electron chi connectivity index (χ3n) is 2.46. The maximum Gasteiger partial charge on any atom is 0.0602 e. The van der Waals surface area contributed by atoms with Gasteiger partial charge in [0.05, 0.1) is 6.54 Å². The quantitative estimate of drug-likeness (QED) is 0.603. The van der Waals surface area contributed by atoms with Gasteiger partial charge in [-0.25, -0.2) is 0 Å². The minimum atomic E-state index is 0.620.